The summed E-state index contributed by atoms with van der Waals surface area (Å²) in [6, 6.07) is 3.71. The molecule has 2 rings (SSSR count). The van der Waals surface area contributed by atoms with Gasteiger partial charge in [-0.3, -0.25) is 9.89 Å². The Bertz CT molecular complexity index is 566. The van der Waals surface area contributed by atoms with Gasteiger partial charge in [0.2, 0.25) is 0 Å². The molecule has 0 bridgehead atoms. The van der Waals surface area contributed by atoms with E-state index in [4.69, 9.17) is 5.73 Å². The highest BCUT2D eigenvalue weighted by atomic mass is 19.1. The van der Waals surface area contributed by atoms with E-state index in [2.05, 4.69) is 15.5 Å². The molecule has 0 saturated carbocycles. The molecule has 4 N–H and O–H groups in total. The van der Waals surface area contributed by atoms with E-state index in [0.29, 0.717) is 11.4 Å². The molecule has 0 spiro atoms. The fourth-order valence-corrected chi connectivity index (χ4v) is 1.66. The van der Waals surface area contributed by atoms with E-state index in [1.54, 1.807) is 13.8 Å². The van der Waals surface area contributed by atoms with Crippen LogP contribution in [0.5, 0.6) is 0 Å². The summed E-state index contributed by atoms with van der Waals surface area (Å²) in [7, 11) is 0. The first kappa shape index (κ1) is 12.1. The Labute approximate surface area is 103 Å². The number of aromatic amines is 1. The molecule has 18 heavy (non-hydrogen) atoms. The van der Waals surface area contributed by atoms with Crippen molar-refractivity contribution in [3.8, 4) is 0 Å². The van der Waals surface area contributed by atoms with E-state index in [-0.39, 0.29) is 11.3 Å². The summed E-state index contributed by atoms with van der Waals surface area (Å²) in [6.07, 6.45) is 0. The highest BCUT2D eigenvalue weighted by Gasteiger charge is 2.13. The Morgan fingerprint density at radius 1 is 1.39 bits per heavy atom. The number of benzene rings is 1. The number of carbonyl (C=O) groups excluding carboxylic acids is 1. The van der Waals surface area contributed by atoms with Crippen molar-refractivity contribution in [2.45, 2.75) is 13.8 Å². The maximum Gasteiger partial charge on any atom is 0.255 e. The Hall–Kier alpha value is -2.37. The lowest BCUT2D eigenvalue weighted by molar-refractivity contribution is 0.102. The monoisotopic (exact) mass is 248 g/mol. The topological polar surface area (TPSA) is 83.8 Å². The maximum atomic E-state index is 13.1. The third kappa shape index (κ3) is 2.32. The number of aryl methyl sites for hydroxylation is 2. The predicted octanol–water partition coefficient (Wildman–Crippen LogP) is 2.00. The molecule has 0 aliphatic carbocycles. The third-order valence-corrected chi connectivity index (χ3v) is 2.55. The minimum atomic E-state index is -0.541. The standard InChI is InChI=1S/C12H13FN4O/c1-6-11(7(2)17-16-6)15-12(18)8-3-9(13)5-10(14)4-8/h3-5H,14H2,1-2H3,(H,15,18)(H,16,17). The summed E-state index contributed by atoms with van der Waals surface area (Å²) in [5.74, 6) is -0.963. The second kappa shape index (κ2) is 4.48. The second-order valence-corrected chi connectivity index (χ2v) is 4.04. The number of anilines is 2. The van der Waals surface area contributed by atoms with Gasteiger partial charge in [0.25, 0.3) is 5.91 Å². The molecule has 1 heterocycles. The van der Waals surface area contributed by atoms with Gasteiger partial charge in [-0.2, -0.15) is 5.10 Å². The van der Waals surface area contributed by atoms with Gasteiger partial charge < -0.3 is 11.1 Å². The van der Waals surface area contributed by atoms with Crippen LogP contribution in [0, 0.1) is 19.7 Å². The van der Waals surface area contributed by atoms with E-state index in [1.807, 2.05) is 0 Å². The van der Waals surface area contributed by atoms with Gasteiger partial charge in [0.05, 0.1) is 17.1 Å². The molecule has 5 nitrogen and oxygen atoms in total. The number of carbonyl (C=O) groups is 1. The lowest BCUT2D eigenvalue weighted by Crippen LogP contribution is -2.13. The van der Waals surface area contributed by atoms with Gasteiger partial charge in [-0.15, -0.1) is 0 Å². The van der Waals surface area contributed by atoms with Crippen molar-refractivity contribution in [1.29, 1.82) is 0 Å². The van der Waals surface area contributed by atoms with Gasteiger partial charge in [0.15, 0.2) is 0 Å². The summed E-state index contributed by atoms with van der Waals surface area (Å²) in [5, 5.41) is 9.39. The zero-order valence-corrected chi connectivity index (χ0v) is 10.0. The van der Waals surface area contributed by atoms with Crippen molar-refractivity contribution in [3.63, 3.8) is 0 Å². The van der Waals surface area contributed by atoms with Crippen LogP contribution in [-0.2, 0) is 0 Å². The van der Waals surface area contributed by atoms with Crippen molar-refractivity contribution < 1.29 is 9.18 Å². The molecular weight excluding hydrogens is 235 g/mol. The van der Waals surface area contributed by atoms with Gasteiger partial charge in [0, 0.05) is 11.3 Å². The molecule has 1 amide bonds. The van der Waals surface area contributed by atoms with E-state index in [9.17, 15) is 9.18 Å². The quantitative estimate of drug-likeness (QED) is 0.711. The molecular formula is C12H13FN4O. The molecule has 0 aliphatic rings. The van der Waals surface area contributed by atoms with E-state index in [0.717, 1.165) is 17.8 Å². The second-order valence-electron chi connectivity index (χ2n) is 4.04. The SMILES string of the molecule is Cc1n[nH]c(C)c1NC(=O)c1cc(N)cc(F)c1. The number of nitrogens with two attached hydrogens (primary N) is 1. The molecule has 94 valence electrons. The molecule has 1 aromatic heterocycles. The van der Waals surface area contributed by atoms with Crippen molar-refractivity contribution >= 4 is 17.3 Å². The van der Waals surface area contributed by atoms with Crippen LogP contribution < -0.4 is 11.1 Å². The lowest BCUT2D eigenvalue weighted by atomic mass is 10.1. The van der Waals surface area contributed by atoms with Crippen molar-refractivity contribution in [1.82, 2.24) is 10.2 Å². The highest BCUT2D eigenvalue weighted by molar-refractivity contribution is 6.05. The number of amides is 1. The van der Waals surface area contributed by atoms with Crippen LogP contribution in [0.3, 0.4) is 0 Å². The third-order valence-electron chi connectivity index (χ3n) is 2.55. The van der Waals surface area contributed by atoms with Crippen LogP contribution in [0.25, 0.3) is 0 Å². The average Bonchev–Trinajstić information content (AvgIpc) is 2.59. The van der Waals surface area contributed by atoms with Gasteiger partial charge in [0.1, 0.15) is 5.82 Å². The highest BCUT2D eigenvalue weighted by Crippen LogP contribution is 2.18. The number of nitrogens with one attached hydrogen (secondary N) is 2. The van der Waals surface area contributed by atoms with Crippen LogP contribution in [0.4, 0.5) is 15.8 Å². The molecule has 0 saturated heterocycles. The largest absolute Gasteiger partial charge is 0.399 e. The minimum Gasteiger partial charge on any atom is -0.399 e. The van der Waals surface area contributed by atoms with Crippen molar-refractivity contribution in [3.05, 3.63) is 41.0 Å². The number of halogens is 1. The first-order valence-electron chi connectivity index (χ1n) is 5.36. The maximum absolute atomic E-state index is 13.1. The van der Waals surface area contributed by atoms with E-state index >= 15 is 0 Å². The Morgan fingerprint density at radius 2 is 2.11 bits per heavy atom. The number of rotatable bonds is 2. The number of hydrogen-bond donors (Lipinski definition) is 3. The Morgan fingerprint density at radius 3 is 2.67 bits per heavy atom. The first-order chi connectivity index (χ1) is 8.47. The number of nitrogens with zero attached hydrogens (tertiary/aromatic N) is 1. The summed E-state index contributed by atoms with van der Waals surface area (Å²) in [4.78, 5) is 11.9. The molecule has 1 aromatic carbocycles. The Kier molecular flexibility index (Phi) is 3.01. The normalized spacial score (nSPS) is 10.4. The van der Waals surface area contributed by atoms with Gasteiger partial charge in [-0.05, 0) is 32.0 Å². The molecule has 2 aromatic rings. The van der Waals surface area contributed by atoms with Gasteiger partial charge >= 0.3 is 0 Å². The van der Waals surface area contributed by atoms with Crippen molar-refractivity contribution in [2.24, 2.45) is 0 Å². The fraction of sp³-hybridized carbons (Fsp3) is 0.167. The number of nitrogen functional groups attached to an aromatic ring is 1. The molecule has 6 heteroatoms. The predicted molar refractivity (Wildman–Crippen MR) is 66.8 cm³/mol. The first-order valence-corrected chi connectivity index (χ1v) is 5.36. The molecule has 0 radical (unpaired) electrons. The van der Waals surface area contributed by atoms with Gasteiger partial charge in [-0.1, -0.05) is 0 Å². The van der Waals surface area contributed by atoms with Crippen LogP contribution in [0.15, 0.2) is 18.2 Å². The zero-order valence-electron chi connectivity index (χ0n) is 10.0. The van der Waals surface area contributed by atoms with Gasteiger partial charge in [-0.25, -0.2) is 4.39 Å². The van der Waals surface area contributed by atoms with Crippen LogP contribution in [-0.4, -0.2) is 16.1 Å². The summed E-state index contributed by atoms with van der Waals surface area (Å²) >= 11 is 0. The van der Waals surface area contributed by atoms with E-state index < -0.39 is 11.7 Å². The fourth-order valence-electron chi connectivity index (χ4n) is 1.66. The van der Waals surface area contributed by atoms with Crippen molar-refractivity contribution in [2.75, 3.05) is 11.1 Å². The number of H-pyrrole nitrogens is 1. The zero-order chi connectivity index (χ0) is 13.3. The molecule has 0 aliphatic heterocycles. The Balaban J connectivity index is 2.27. The molecule has 0 fully saturated rings. The van der Waals surface area contributed by atoms with Crippen LogP contribution >= 0.6 is 0 Å². The number of hydrogen-bond acceptors (Lipinski definition) is 3. The summed E-state index contributed by atoms with van der Waals surface area (Å²) in [5.41, 5.74) is 7.89. The molecule has 0 atom stereocenters. The average molecular weight is 248 g/mol. The lowest BCUT2D eigenvalue weighted by Gasteiger charge is -2.06. The minimum absolute atomic E-state index is 0.174. The van der Waals surface area contributed by atoms with E-state index in [1.165, 1.54) is 6.07 Å². The number of aromatic nitrogens is 2. The summed E-state index contributed by atoms with van der Waals surface area (Å²) < 4.78 is 13.1. The smallest absolute Gasteiger partial charge is 0.255 e. The molecule has 0 unspecified atom stereocenters. The van der Waals surface area contributed by atoms with Crippen LogP contribution in [0.1, 0.15) is 21.7 Å². The summed E-state index contributed by atoms with van der Waals surface area (Å²) in [6.45, 7) is 3.55. The van der Waals surface area contributed by atoms with Crippen LogP contribution in [0.2, 0.25) is 0 Å².